The lowest BCUT2D eigenvalue weighted by Gasteiger charge is -2.17. The highest BCUT2D eigenvalue weighted by atomic mass is 16.2. The summed E-state index contributed by atoms with van der Waals surface area (Å²) in [6.07, 6.45) is 0. The topological polar surface area (TPSA) is 84.2 Å². The van der Waals surface area contributed by atoms with Gasteiger partial charge in [0.05, 0.1) is 12.1 Å². The fourth-order valence-corrected chi connectivity index (χ4v) is 1.25. The van der Waals surface area contributed by atoms with E-state index in [2.05, 4.69) is 10.6 Å². The highest BCUT2D eigenvalue weighted by molar-refractivity contribution is 5.89. The van der Waals surface area contributed by atoms with Crippen LogP contribution in [0.1, 0.15) is 19.4 Å². The number of nitrogens with two attached hydrogens (primary N) is 1. The quantitative estimate of drug-likeness (QED) is 0.695. The number of carbonyl (C=O) groups is 2. The zero-order chi connectivity index (χ0) is 13.6. The van der Waals surface area contributed by atoms with E-state index in [0.717, 1.165) is 5.56 Å². The largest absolute Gasteiger partial charge is 0.350 e. The standard InChI is InChI=1S/C13H19N3O2/c1-13(2,14)12(18)16-9-11(17)15-8-10-6-4-3-5-7-10/h3-7H,8-9,14H2,1-2H3,(H,15,17)(H,16,18). The molecule has 0 bridgehead atoms. The molecule has 1 rings (SSSR count). The summed E-state index contributed by atoms with van der Waals surface area (Å²) in [5.41, 5.74) is 5.62. The number of nitrogens with one attached hydrogen (secondary N) is 2. The van der Waals surface area contributed by atoms with E-state index in [9.17, 15) is 9.59 Å². The molecule has 0 unspecified atom stereocenters. The average molecular weight is 249 g/mol. The summed E-state index contributed by atoms with van der Waals surface area (Å²) in [6.45, 7) is 3.56. The van der Waals surface area contributed by atoms with Crippen LogP contribution in [0.3, 0.4) is 0 Å². The zero-order valence-electron chi connectivity index (χ0n) is 10.7. The van der Waals surface area contributed by atoms with E-state index in [0.29, 0.717) is 6.54 Å². The first-order chi connectivity index (χ1) is 8.39. The summed E-state index contributed by atoms with van der Waals surface area (Å²) in [5.74, 6) is -0.589. The predicted molar refractivity (Wildman–Crippen MR) is 69.6 cm³/mol. The smallest absolute Gasteiger partial charge is 0.239 e. The molecule has 0 radical (unpaired) electrons. The summed E-state index contributed by atoms with van der Waals surface area (Å²) in [4.78, 5) is 22.9. The minimum absolute atomic E-state index is 0.0632. The van der Waals surface area contributed by atoms with Crippen LogP contribution in [-0.4, -0.2) is 23.9 Å². The molecule has 0 aromatic heterocycles. The molecule has 98 valence electrons. The number of hydrogen-bond donors (Lipinski definition) is 3. The monoisotopic (exact) mass is 249 g/mol. The molecule has 0 saturated heterocycles. The highest BCUT2D eigenvalue weighted by Gasteiger charge is 2.21. The number of benzene rings is 1. The zero-order valence-corrected chi connectivity index (χ0v) is 10.7. The van der Waals surface area contributed by atoms with Gasteiger partial charge in [0.25, 0.3) is 0 Å². The Kier molecular flexibility index (Phi) is 4.85. The molecule has 1 aromatic carbocycles. The lowest BCUT2D eigenvalue weighted by Crippen LogP contribution is -2.51. The summed E-state index contributed by atoms with van der Waals surface area (Å²) in [7, 11) is 0. The molecule has 0 heterocycles. The van der Waals surface area contributed by atoms with Crippen LogP contribution in [0.15, 0.2) is 30.3 Å². The van der Waals surface area contributed by atoms with E-state index in [1.54, 1.807) is 13.8 Å². The minimum Gasteiger partial charge on any atom is -0.350 e. The molecule has 0 saturated carbocycles. The summed E-state index contributed by atoms with van der Waals surface area (Å²) >= 11 is 0. The van der Waals surface area contributed by atoms with Crippen LogP contribution < -0.4 is 16.4 Å². The first-order valence-corrected chi connectivity index (χ1v) is 5.77. The average Bonchev–Trinajstić information content (AvgIpc) is 2.33. The van der Waals surface area contributed by atoms with Crippen molar-refractivity contribution in [2.45, 2.75) is 25.9 Å². The van der Waals surface area contributed by atoms with Gasteiger partial charge in [-0.1, -0.05) is 30.3 Å². The molecule has 1 aromatic rings. The maximum Gasteiger partial charge on any atom is 0.239 e. The fourth-order valence-electron chi connectivity index (χ4n) is 1.25. The van der Waals surface area contributed by atoms with Crippen molar-refractivity contribution >= 4 is 11.8 Å². The molecule has 0 spiro atoms. The van der Waals surface area contributed by atoms with E-state index in [4.69, 9.17) is 5.73 Å². The molecule has 0 aliphatic carbocycles. The number of hydrogen-bond acceptors (Lipinski definition) is 3. The van der Waals surface area contributed by atoms with Crippen molar-refractivity contribution < 1.29 is 9.59 Å². The van der Waals surface area contributed by atoms with E-state index in [1.807, 2.05) is 30.3 Å². The van der Waals surface area contributed by atoms with Crippen molar-refractivity contribution in [2.24, 2.45) is 5.73 Å². The second kappa shape index (κ2) is 6.16. The van der Waals surface area contributed by atoms with Gasteiger partial charge in [0.1, 0.15) is 0 Å². The van der Waals surface area contributed by atoms with Gasteiger partial charge in [-0.05, 0) is 19.4 Å². The third kappa shape index (κ3) is 4.97. The van der Waals surface area contributed by atoms with Gasteiger partial charge in [0.2, 0.25) is 11.8 Å². The maximum absolute atomic E-state index is 11.5. The Bertz CT molecular complexity index is 410. The van der Waals surface area contributed by atoms with E-state index in [-0.39, 0.29) is 18.4 Å². The molecule has 5 nitrogen and oxygen atoms in total. The van der Waals surface area contributed by atoms with Crippen molar-refractivity contribution in [3.63, 3.8) is 0 Å². The molecule has 0 fully saturated rings. The predicted octanol–water partition coefficient (Wildman–Crippen LogP) is 0.156. The first kappa shape index (κ1) is 14.2. The third-order valence-electron chi connectivity index (χ3n) is 2.33. The van der Waals surface area contributed by atoms with Gasteiger partial charge in [-0.2, -0.15) is 0 Å². The summed E-state index contributed by atoms with van der Waals surface area (Å²) in [5, 5.41) is 5.19. The van der Waals surface area contributed by atoms with Crippen LogP contribution in [-0.2, 0) is 16.1 Å². The first-order valence-electron chi connectivity index (χ1n) is 5.77. The van der Waals surface area contributed by atoms with Gasteiger partial charge in [0, 0.05) is 6.54 Å². The van der Waals surface area contributed by atoms with Gasteiger partial charge in [0.15, 0.2) is 0 Å². The normalized spacial score (nSPS) is 10.8. The second-order valence-electron chi connectivity index (χ2n) is 4.67. The van der Waals surface area contributed by atoms with Gasteiger partial charge in [-0.15, -0.1) is 0 Å². The van der Waals surface area contributed by atoms with Gasteiger partial charge < -0.3 is 16.4 Å². The molecule has 0 atom stereocenters. The SMILES string of the molecule is CC(C)(N)C(=O)NCC(=O)NCc1ccccc1. The number of carbonyl (C=O) groups excluding carboxylic acids is 2. The van der Waals surface area contributed by atoms with Crippen LogP contribution in [0.5, 0.6) is 0 Å². The van der Waals surface area contributed by atoms with Crippen molar-refractivity contribution in [3.05, 3.63) is 35.9 Å². The van der Waals surface area contributed by atoms with Crippen molar-refractivity contribution in [2.75, 3.05) is 6.54 Å². The van der Waals surface area contributed by atoms with Crippen LogP contribution in [0, 0.1) is 0 Å². The lowest BCUT2D eigenvalue weighted by molar-refractivity contribution is -0.128. The fraction of sp³-hybridized carbons (Fsp3) is 0.385. The Hall–Kier alpha value is -1.88. The Morgan fingerprint density at radius 3 is 2.33 bits per heavy atom. The number of rotatable bonds is 5. The molecular weight excluding hydrogens is 230 g/mol. The molecule has 0 aliphatic rings. The van der Waals surface area contributed by atoms with E-state index >= 15 is 0 Å². The van der Waals surface area contributed by atoms with Gasteiger partial charge >= 0.3 is 0 Å². The van der Waals surface area contributed by atoms with E-state index in [1.165, 1.54) is 0 Å². The van der Waals surface area contributed by atoms with Gasteiger partial charge in [-0.25, -0.2) is 0 Å². The minimum atomic E-state index is -0.973. The van der Waals surface area contributed by atoms with Gasteiger partial charge in [-0.3, -0.25) is 9.59 Å². The van der Waals surface area contributed by atoms with Crippen molar-refractivity contribution in [1.82, 2.24) is 10.6 Å². The highest BCUT2D eigenvalue weighted by Crippen LogP contribution is 1.97. The van der Waals surface area contributed by atoms with Crippen LogP contribution in [0.25, 0.3) is 0 Å². The number of amides is 2. The Balaban J connectivity index is 2.29. The third-order valence-corrected chi connectivity index (χ3v) is 2.33. The molecule has 5 heteroatoms. The Morgan fingerprint density at radius 1 is 1.17 bits per heavy atom. The van der Waals surface area contributed by atoms with Crippen LogP contribution >= 0.6 is 0 Å². The second-order valence-corrected chi connectivity index (χ2v) is 4.67. The Morgan fingerprint density at radius 2 is 1.78 bits per heavy atom. The summed E-state index contributed by atoms with van der Waals surface area (Å²) < 4.78 is 0. The molecule has 18 heavy (non-hydrogen) atoms. The lowest BCUT2D eigenvalue weighted by atomic mass is 10.1. The van der Waals surface area contributed by atoms with Crippen molar-refractivity contribution in [1.29, 1.82) is 0 Å². The molecular formula is C13H19N3O2. The van der Waals surface area contributed by atoms with Crippen molar-refractivity contribution in [3.8, 4) is 0 Å². The van der Waals surface area contributed by atoms with Crippen LogP contribution in [0.2, 0.25) is 0 Å². The molecule has 0 aliphatic heterocycles. The maximum atomic E-state index is 11.5. The molecule has 4 N–H and O–H groups in total. The Labute approximate surface area is 107 Å². The summed E-state index contributed by atoms with van der Waals surface area (Å²) in [6, 6.07) is 9.55. The molecule has 2 amide bonds. The van der Waals surface area contributed by atoms with Crippen LogP contribution in [0.4, 0.5) is 0 Å². The van der Waals surface area contributed by atoms with E-state index < -0.39 is 5.54 Å².